The Morgan fingerprint density at radius 2 is 2.12 bits per heavy atom. The second kappa shape index (κ2) is 5.00. The maximum Gasteiger partial charge on any atom is 0.410 e. The minimum Gasteiger partial charge on any atom is -0.444 e. The Hall–Kier alpha value is -1.17. The van der Waals surface area contributed by atoms with Crippen LogP contribution in [-0.2, 0) is 4.74 Å². The molecule has 1 rings (SSSR count). The lowest BCUT2D eigenvalue weighted by Crippen LogP contribution is -2.41. The monoisotopic (exact) mass is 249 g/mol. The highest BCUT2D eigenvalue weighted by Gasteiger charge is 2.35. The highest BCUT2D eigenvalue weighted by atomic mass is 19.3. The second-order valence-electron chi connectivity index (χ2n) is 5.01. The van der Waals surface area contributed by atoms with Crippen LogP contribution >= 0.6 is 0 Å². The van der Waals surface area contributed by atoms with E-state index in [1.165, 1.54) is 0 Å². The number of halogens is 2. The number of hydrogen-bond donors (Lipinski definition) is 1. The van der Waals surface area contributed by atoms with E-state index in [4.69, 9.17) is 9.84 Å². The maximum absolute atomic E-state index is 12.4. The zero-order valence-corrected chi connectivity index (χ0v) is 10.2. The van der Waals surface area contributed by atoms with Gasteiger partial charge in [0.1, 0.15) is 5.60 Å². The van der Waals surface area contributed by atoms with Gasteiger partial charge in [-0.05, 0) is 27.2 Å². The second-order valence-corrected chi connectivity index (χ2v) is 5.01. The number of ether oxygens (including phenoxy) is 1. The van der Waals surface area contributed by atoms with Crippen molar-refractivity contribution in [2.24, 2.45) is 0 Å². The van der Waals surface area contributed by atoms with Crippen molar-refractivity contribution >= 4 is 6.09 Å². The molecule has 1 unspecified atom stereocenters. The minimum atomic E-state index is -1.78. The van der Waals surface area contributed by atoms with Gasteiger partial charge in [0.25, 0.3) is 6.08 Å². The average Bonchev–Trinajstić information content (AvgIpc) is 2.58. The molecule has 0 aromatic rings. The highest BCUT2D eigenvalue weighted by molar-refractivity contribution is 5.69. The van der Waals surface area contributed by atoms with Crippen LogP contribution in [0.2, 0.25) is 0 Å². The first kappa shape index (κ1) is 13.9. The molecule has 17 heavy (non-hydrogen) atoms. The molecule has 1 amide bonds. The fraction of sp³-hybridized carbons (Fsp3) is 0.727. The normalized spacial score (nSPS) is 20.7. The molecule has 4 nitrogen and oxygen atoms in total. The molecule has 1 N–H and O–H groups in total. The van der Waals surface area contributed by atoms with Crippen LogP contribution in [0.25, 0.3) is 0 Å². The van der Waals surface area contributed by atoms with Crippen molar-refractivity contribution in [3.05, 3.63) is 11.7 Å². The van der Waals surface area contributed by atoms with E-state index in [1.807, 2.05) is 0 Å². The summed E-state index contributed by atoms with van der Waals surface area (Å²) >= 11 is 0. The van der Waals surface area contributed by atoms with Crippen molar-refractivity contribution in [1.82, 2.24) is 4.90 Å². The standard InChI is InChI=1S/C11H17F2NO3/c1-11(2,3)17-10(16)14-5-7(9(12)13)4-8(14)6-15/h8,15H,4-6H2,1-3H3. The Balaban J connectivity index is 2.76. The molecule has 1 fully saturated rings. The molecular weight excluding hydrogens is 232 g/mol. The van der Waals surface area contributed by atoms with Gasteiger partial charge in [-0.3, -0.25) is 4.90 Å². The maximum atomic E-state index is 12.4. The molecule has 0 bridgehead atoms. The van der Waals surface area contributed by atoms with Crippen molar-refractivity contribution in [3.63, 3.8) is 0 Å². The summed E-state index contributed by atoms with van der Waals surface area (Å²) in [5.41, 5.74) is -0.799. The van der Waals surface area contributed by atoms with E-state index in [-0.39, 0.29) is 25.1 Å². The Morgan fingerprint density at radius 3 is 2.53 bits per heavy atom. The smallest absolute Gasteiger partial charge is 0.410 e. The third kappa shape index (κ3) is 3.66. The molecule has 1 saturated heterocycles. The van der Waals surface area contributed by atoms with Crippen molar-refractivity contribution in [2.75, 3.05) is 13.2 Å². The van der Waals surface area contributed by atoms with Gasteiger partial charge in [0, 0.05) is 5.57 Å². The summed E-state index contributed by atoms with van der Waals surface area (Å²) < 4.78 is 30.0. The van der Waals surface area contributed by atoms with E-state index in [2.05, 4.69) is 0 Å². The van der Waals surface area contributed by atoms with Crippen LogP contribution in [0.3, 0.4) is 0 Å². The third-order valence-electron chi connectivity index (χ3n) is 2.39. The van der Waals surface area contributed by atoms with Gasteiger partial charge in [0.05, 0.1) is 19.2 Å². The third-order valence-corrected chi connectivity index (χ3v) is 2.39. The van der Waals surface area contributed by atoms with E-state index in [9.17, 15) is 13.6 Å². The van der Waals surface area contributed by atoms with Gasteiger partial charge >= 0.3 is 6.09 Å². The number of aliphatic hydroxyl groups is 1. The zero-order valence-electron chi connectivity index (χ0n) is 10.2. The molecule has 0 aromatic heterocycles. The van der Waals surface area contributed by atoms with Crippen LogP contribution in [-0.4, -0.2) is 40.9 Å². The van der Waals surface area contributed by atoms with Gasteiger partial charge in [0.15, 0.2) is 0 Å². The summed E-state index contributed by atoms with van der Waals surface area (Å²) in [6, 6.07) is -0.624. The molecule has 1 aliphatic rings. The molecule has 1 aliphatic heterocycles. The molecule has 6 heteroatoms. The van der Waals surface area contributed by atoms with E-state index >= 15 is 0 Å². The molecule has 0 spiro atoms. The predicted octanol–water partition coefficient (Wildman–Crippen LogP) is 2.14. The molecule has 98 valence electrons. The zero-order chi connectivity index (χ0) is 13.2. The van der Waals surface area contributed by atoms with Crippen LogP contribution < -0.4 is 0 Å². The Kier molecular flexibility index (Phi) is 4.08. The quantitative estimate of drug-likeness (QED) is 0.774. The van der Waals surface area contributed by atoms with Crippen LogP contribution in [0.5, 0.6) is 0 Å². The SMILES string of the molecule is CC(C)(C)OC(=O)N1CC(=C(F)F)CC1CO. The predicted molar refractivity (Wildman–Crippen MR) is 57.7 cm³/mol. The number of hydrogen-bond acceptors (Lipinski definition) is 3. The fourth-order valence-corrected chi connectivity index (χ4v) is 1.63. The molecule has 1 atom stereocenters. The number of amides is 1. The molecule has 0 aliphatic carbocycles. The Labute approximate surface area is 98.9 Å². The lowest BCUT2D eigenvalue weighted by Gasteiger charge is -2.27. The van der Waals surface area contributed by atoms with Crippen molar-refractivity contribution < 1.29 is 23.4 Å². The largest absolute Gasteiger partial charge is 0.444 e. The van der Waals surface area contributed by atoms with Crippen molar-refractivity contribution in [1.29, 1.82) is 0 Å². The highest BCUT2D eigenvalue weighted by Crippen LogP contribution is 2.27. The van der Waals surface area contributed by atoms with Gasteiger partial charge in [-0.25, -0.2) is 4.79 Å². The van der Waals surface area contributed by atoms with Crippen LogP contribution in [0.15, 0.2) is 11.7 Å². The summed E-state index contributed by atoms with van der Waals surface area (Å²) in [4.78, 5) is 12.9. The number of nitrogens with zero attached hydrogens (tertiary/aromatic N) is 1. The Morgan fingerprint density at radius 1 is 1.53 bits per heavy atom. The van der Waals surface area contributed by atoms with E-state index < -0.39 is 23.8 Å². The van der Waals surface area contributed by atoms with Crippen LogP contribution in [0.4, 0.5) is 13.6 Å². The average molecular weight is 249 g/mol. The van der Waals surface area contributed by atoms with Gasteiger partial charge in [-0.15, -0.1) is 0 Å². The van der Waals surface area contributed by atoms with Crippen LogP contribution in [0.1, 0.15) is 27.2 Å². The van der Waals surface area contributed by atoms with E-state index in [0.717, 1.165) is 4.90 Å². The molecular formula is C11H17F2NO3. The van der Waals surface area contributed by atoms with Gasteiger partial charge in [-0.1, -0.05) is 0 Å². The lowest BCUT2D eigenvalue weighted by atomic mass is 10.2. The molecule has 0 aromatic carbocycles. The first-order chi connectivity index (χ1) is 7.74. The fourth-order valence-electron chi connectivity index (χ4n) is 1.63. The van der Waals surface area contributed by atoms with Gasteiger partial charge in [-0.2, -0.15) is 8.78 Å². The van der Waals surface area contributed by atoms with Crippen molar-refractivity contribution in [3.8, 4) is 0 Å². The summed E-state index contributed by atoms with van der Waals surface area (Å²) in [6.45, 7) is 4.56. The molecule has 0 radical (unpaired) electrons. The summed E-state index contributed by atoms with van der Waals surface area (Å²) in [6.07, 6.45) is -2.46. The number of aliphatic hydroxyl groups excluding tert-OH is 1. The molecule has 1 heterocycles. The number of rotatable bonds is 1. The number of carbonyl (C=O) groups is 1. The summed E-state index contributed by atoms with van der Waals surface area (Å²) in [5.74, 6) is 0. The van der Waals surface area contributed by atoms with E-state index in [1.54, 1.807) is 20.8 Å². The van der Waals surface area contributed by atoms with Crippen LogP contribution in [0, 0.1) is 0 Å². The number of likely N-dealkylation sites (tertiary alicyclic amines) is 1. The first-order valence-corrected chi connectivity index (χ1v) is 5.38. The number of carbonyl (C=O) groups excluding carboxylic acids is 1. The minimum absolute atomic E-state index is 0.00191. The Bertz CT molecular complexity index is 332. The van der Waals surface area contributed by atoms with E-state index in [0.29, 0.717) is 0 Å². The van der Waals surface area contributed by atoms with Gasteiger partial charge in [0.2, 0.25) is 0 Å². The lowest BCUT2D eigenvalue weighted by molar-refractivity contribution is 0.0178. The topological polar surface area (TPSA) is 49.8 Å². The first-order valence-electron chi connectivity index (χ1n) is 5.38. The van der Waals surface area contributed by atoms with Gasteiger partial charge < -0.3 is 9.84 Å². The molecule has 0 saturated carbocycles. The van der Waals surface area contributed by atoms with Crippen molar-refractivity contribution in [2.45, 2.75) is 38.8 Å². The summed E-state index contributed by atoms with van der Waals surface area (Å²) in [5, 5.41) is 9.07. The summed E-state index contributed by atoms with van der Waals surface area (Å²) in [7, 11) is 0.